The van der Waals surface area contributed by atoms with Crippen molar-refractivity contribution in [3.63, 3.8) is 0 Å². The van der Waals surface area contributed by atoms with Gasteiger partial charge in [0.1, 0.15) is 10.7 Å². The molecule has 29 heavy (non-hydrogen) atoms. The minimum Gasteiger partial charge on any atom is -0.231 e. The lowest BCUT2D eigenvalue weighted by atomic mass is 10.1. The first-order valence-corrected chi connectivity index (χ1v) is 10.5. The van der Waals surface area contributed by atoms with Gasteiger partial charge in [0.2, 0.25) is 10.0 Å². The molecule has 0 radical (unpaired) electrons. The summed E-state index contributed by atoms with van der Waals surface area (Å²) in [6.07, 6.45) is 0. The highest BCUT2D eigenvalue weighted by Gasteiger charge is 2.20. The molecule has 1 aromatic heterocycles. The summed E-state index contributed by atoms with van der Waals surface area (Å²) in [6.45, 7) is 0. The van der Waals surface area contributed by atoms with Crippen molar-refractivity contribution in [2.24, 2.45) is 5.14 Å². The number of hydrogen-bond acceptors (Lipinski definition) is 3. The van der Waals surface area contributed by atoms with Crippen LogP contribution in [0, 0.1) is 5.82 Å². The second-order valence-electron chi connectivity index (χ2n) is 6.36. The van der Waals surface area contributed by atoms with E-state index in [0.717, 1.165) is 5.56 Å². The van der Waals surface area contributed by atoms with Crippen LogP contribution in [-0.4, -0.2) is 18.2 Å². The Kier molecular flexibility index (Phi) is 4.96. The molecule has 0 aliphatic rings. The van der Waals surface area contributed by atoms with E-state index in [1.807, 2.05) is 0 Å². The van der Waals surface area contributed by atoms with Crippen molar-refractivity contribution < 1.29 is 12.8 Å². The molecule has 4 aromatic rings. The van der Waals surface area contributed by atoms with Crippen molar-refractivity contribution in [3.05, 3.63) is 89.7 Å². The SMILES string of the molecule is NS(=O)(=O)c1ccccc1-n1nc(-c2cccc(F)c2)cc1-c1ccc(Cl)cc1. The minimum absolute atomic E-state index is 0.0656. The topological polar surface area (TPSA) is 78.0 Å². The quantitative estimate of drug-likeness (QED) is 0.515. The molecule has 0 unspecified atom stereocenters. The second-order valence-corrected chi connectivity index (χ2v) is 8.32. The Bertz CT molecular complexity index is 1300. The minimum atomic E-state index is -3.99. The number of rotatable bonds is 4. The summed E-state index contributed by atoms with van der Waals surface area (Å²) >= 11 is 6.00. The third-order valence-corrected chi connectivity index (χ3v) is 5.58. The van der Waals surface area contributed by atoms with E-state index >= 15 is 0 Å². The molecule has 0 spiro atoms. The third kappa shape index (κ3) is 3.93. The van der Waals surface area contributed by atoms with Crippen LogP contribution in [0.5, 0.6) is 0 Å². The van der Waals surface area contributed by atoms with Crippen LogP contribution in [-0.2, 0) is 10.0 Å². The summed E-state index contributed by atoms with van der Waals surface area (Å²) in [5.41, 5.74) is 2.71. The normalized spacial score (nSPS) is 11.6. The second kappa shape index (κ2) is 7.44. The maximum Gasteiger partial charge on any atom is 0.240 e. The first-order chi connectivity index (χ1) is 13.8. The largest absolute Gasteiger partial charge is 0.240 e. The van der Waals surface area contributed by atoms with Gasteiger partial charge < -0.3 is 0 Å². The van der Waals surface area contributed by atoms with Gasteiger partial charge in [-0.3, -0.25) is 0 Å². The maximum atomic E-state index is 13.7. The van der Waals surface area contributed by atoms with Crippen LogP contribution in [0.2, 0.25) is 5.02 Å². The number of halogens is 2. The molecule has 0 saturated carbocycles. The van der Waals surface area contributed by atoms with Gasteiger partial charge in [-0.15, -0.1) is 0 Å². The molecule has 4 rings (SSSR count). The smallest absolute Gasteiger partial charge is 0.231 e. The van der Waals surface area contributed by atoms with Crippen molar-refractivity contribution in [2.75, 3.05) is 0 Å². The van der Waals surface area contributed by atoms with Gasteiger partial charge in [-0.2, -0.15) is 5.10 Å². The molecule has 0 fully saturated rings. The monoisotopic (exact) mass is 427 g/mol. The van der Waals surface area contributed by atoms with Gasteiger partial charge in [0, 0.05) is 16.1 Å². The van der Waals surface area contributed by atoms with Gasteiger partial charge in [0.05, 0.1) is 17.1 Å². The Labute approximate surface area is 172 Å². The predicted octanol–water partition coefficient (Wildman–Crippen LogP) is 4.65. The summed E-state index contributed by atoms with van der Waals surface area (Å²) in [6, 6.07) is 21.1. The van der Waals surface area contributed by atoms with E-state index in [1.54, 1.807) is 60.7 Å². The molecule has 1 heterocycles. The van der Waals surface area contributed by atoms with Gasteiger partial charge in [0.25, 0.3) is 0 Å². The van der Waals surface area contributed by atoms with Crippen LogP contribution < -0.4 is 5.14 Å². The van der Waals surface area contributed by atoms with Gasteiger partial charge in [0.15, 0.2) is 0 Å². The number of primary sulfonamides is 1. The molecule has 0 aliphatic carbocycles. The van der Waals surface area contributed by atoms with Crippen molar-refractivity contribution in [1.29, 1.82) is 0 Å². The Hall–Kier alpha value is -3.00. The zero-order valence-electron chi connectivity index (χ0n) is 15.0. The number of hydrogen-bond donors (Lipinski definition) is 1. The molecule has 0 amide bonds. The van der Waals surface area contributed by atoms with Crippen LogP contribution in [0.3, 0.4) is 0 Å². The van der Waals surface area contributed by atoms with Crippen molar-refractivity contribution in [3.8, 4) is 28.2 Å². The van der Waals surface area contributed by atoms with Crippen molar-refractivity contribution in [1.82, 2.24) is 9.78 Å². The zero-order valence-corrected chi connectivity index (χ0v) is 16.5. The fourth-order valence-electron chi connectivity index (χ4n) is 3.05. The number of para-hydroxylation sites is 1. The van der Waals surface area contributed by atoms with E-state index in [2.05, 4.69) is 5.10 Å². The summed E-state index contributed by atoms with van der Waals surface area (Å²) in [5.74, 6) is -0.393. The lowest BCUT2D eigenvalue weighted by Gasteiger charge is -2.11. The summed E-state index contributed by atoms with van der Waals surface area (Å²) in [4.78, 5) is -0.0656. The van der Waals surface area contributed by atoms with Crippen molar-refractivity contribution >= 4 is 21.6 Å². The lowest BCUT2D eigenvalue weighted by molar-refractivity contribution is 0.596. The number of aromatic nitrogens is 2. The lowest BCUT2D eigenvalue weighted by Crippen LogP contribution is -2.16. The van der Waals surface area contributed by atoms with Gasteiger partial charge in [-0.1, -0.05) is 48.0 Å². The predicted molar refractivity (Wildman–Crippen MR) is 111 cm³/mol. The van der Waals surface area contributed by atoms with Gasteiger partial charge in [-0.25, -0.2) is 22.6 Å². The van der Waals surface area contributed by atoms with E-state index in [4.69, 9.17) is 16.7 Å². The first kappa shape index (κ1) is 19.3. The van der Waals surface area contributed by atoms with Crippen LogP contribution in [0.1, 0.15) is 0 Å². The highest BCUT2D eigenvalue weighted by Crippen LogP contribution is 2.31. The molecule has 3 aromatic carbocycles. The highest BCUT2D eigenvalue weighted by molar-refractivity contribution is 7.89. The van der Waals surface area contributed by atoms with Crippen LogP contribution in [0.4, 0.5) is 4.39 Å². The molecule has 0 bridgehead atoms. The van der Waals surface area contributed by atoms with Crippen LogP contribution in [0.25, 0.3) is 28.2 Å². The molecule has 0 saturated heterocycles. The summed E-state index contributed by atoms with van der Waals surface area (Å²) in [7, 11) is -3.99. The average molecular weight is 428 g/mol. The molecular weight excluding hydrogens is 413 g/mol. The Morgan fingerprint density at radius 2 is 1.62 bits per heavy atom. The summed E-state index contributed by atoms with van der Waals surface area (Å²) < 4.78 is 39.4. The molecule has 2 N–H and O–H groups in total. The standard InChI is InChI=1S/C21H15ClFN3O2S/c22-16-10-8-14(9-11-16)20-13-18(15-4-3-5-17(23)12-15)25-26(20)19-6-1-2-7-21(19)29(24,27)28/h1-13H,(H2,24,27,28). The van der Waals surface area contributed by atoms with E-state index in [-0.39, 0.29) is 4.90 Å². The molecule has 0 aliphatic heterocycles. The Morgan fingerprint density at radius 1 is 0.897 bits per heavy atom. The number of benzene rings is 3. The van der Waals surface area contributed by atoms with E-state index < -0.39 is 15.8 Å². The zero-order chi connectivity index (χ0) is 20.6. The maximum absolute atomic E-state index is 13.7. The van der Waals surface area contributed by atoms with Crippen LogP contribution in [0.15, 0.2) is 83.8 Å². The Morgan fingerprint density at radius 3 is 2.31 bits per heavy atom. The van der Waals surface area contributed by atoms with E-state index in [0.29, 0.717) is 27.7 Å². The summed E-state index contributed by atoms with van der Waals surface area (Å²) in [5, 5.41) is 10.5. The van der Waals surface area contributed by atoms with Gasteiger partial charge >= 0.3 is 0 Å². The highest BCUT2D eigenvalue weighted by atomic mass is 35.5. The first-order valence-electron chi connectivity index (χ1n) is 8.57. The van der Waals surface area contributed by atoms with E-state index in [1.165, 1.54) is 22.9 Å². The fraction of sp³-hybridized carbons (Fsp3) is 0. The van der Waals surface area contributed by atoms with Gasteiger partial charge in [-0.05, 0) is 42.5 Å². The Balaban J connectivity index is 1.99. The molecule has 146 valence electrons. The van der Waals surface area contributed by atoms with E-state index in [9.17, 15) is 12.8 Å². The fourth-order valence-corrected chi connectivity index (χ4v) is 3.89. The number of nitrogens with zero attached hydrogens (tertiary/aromatic N) is 2. The molecular formula is C21H15ClFN3O2S. The van der Waals surface area contributed by atoms with Crippen LogP contribution >= 0.6 is 11.6 Å². The van der Waals surface area contributed by atoms with Crippen molar-refractivity contribution in [2.45, 2.75) is 4.90 Å². The molecule has 0 atom stereocenters. The average Bonchev–Trinajstić information content (AvgIpc) is 3.13. The number of nitrogens with two attached hydrogens (primary N) is 1. The third-order valence-electron chi connectivity index (χ3n) is 4.37. The molecule has 8 heteroatoms. The molecule has 5 nitrogen and oxygen atoms in total. The number of sulfonamides is 1.